The normalized spacial score (nSPS) is 26.5. The maximum Gasteiger partial charge on any atom is 0.319 e. The highest BCUT2D eigenvalue weighted by atomic mass is 16.7. The molecule has 3 aromatic carbocycles. The van der Waals surface area contributed by atoms with Crippen molar-refractivity contribution in [2.75, 3.05) is 37.9 Å². The van der Waals surface area contributed by atoms with Crippen molar-refractivity contribution in [1.82, 2.24) is 21.0 Å². The van der Waals surface area contributed by atoms with Gasteiger partial charge in [0.15, 0.2) is 0 Å². The summed E-state index contributed by atoms with van der Waals surface area (Å²) in [4.78, 5) is 48.7. The SMILES string of the molecule is CNC(=O)c1cc(-c2cccc(CN3O[C@@H](CNC(=O)Nc4ccccc4)[C@@H]([C@H](C)O)[C@H]3C(=O)N[C@H]3C[C@H]4C[C@@H]([C@@H]3C)C4(C)C)c2C)cc(N(C)C)c1. The molecule has 284 valence electrons. The molecular weight excluding hydrogens is 668 g/mol. The molecule has 0 spiro atoms. The zero-order valence-corrected chi connectivity index (χ0v) is 32.3. The van der Waals surface area contributed by atoms with Crippen LogP contribution >= 0.6 is 0 Å². The number of urea groups is 1. The highest BCUT2D eigenvalue weighted by molar-refractivity contribution is 5.97. The number of carbonyl (C=O) groups excluding carboxylic acids is 3. The van der Waals surface area contributed by atoms with Crippen molar-refractivity contribution >= 4 is 29.2 Å². The Kier molecular flexibility index (Phi) is 11.2. The highest BCUT2D eigenvalue weighted by Gasteiger charge is 2.57. The summed E-state index contributed by atoms with van der Waals surface area (Å²) in [6.45, 7) is 11.0. The number of amides is 4. The Labute approximate surface area is 313 Å². The van der Waals surface area contributed by atoms with Gasteiger partial charge in [0.1, 0.15) is 12.1 Å². The monoisotopic (exact) mass is 724 g/mol. The summed E-state index contributed by atoms with van der Waals surface area (Å²) in [5.74, 6) is 0.485. The molecule has 4 amide bonds. The summed E-state index contributed by atoms with van der Waals surface area (Å²) in [5.41, 5.74) is 6.15. The van der Waals surface area contributed by atoms with Gasteiger partial charge in [-0.05, 0) is 102 Å². The van der Waals surface area contributed by atoms with Crippen LogP contribution in [0.2, 0.25) is 0 Å². The molecule has 0 unspecified atom stereocenters. The van der Waals surface area contributed by atoms with Gasteiger partial charge in [-0.2, -0.15) is 5.06 Å². The van der Waals surface area contributed by atoms with E-state index in [1.54, 1.807) is 31.2 Å². The zero-order valence-electron chi connectivity index (χ0n) is 32.3. The van der Waals surface area contributed by atoms with Gasteiger partial charge in [-0.25, -0.2) is 4.79 Å². The molecule has 11 heteroatoms. The van der Waals surface area contributed by atoms with E-state index in [0.717, 1.165) is 34.4 Å². The first kappa shape index (κ1) is 38.3. The summed E-state index contributed by atoms with van der Waals surface area (Å²) in [5, 5.41) is 24.8. The van der Waals surface area contributed by atoms with Gasteiger partial charge in [-0.15, -0.1) is 0 Å². The quantitative estimate of drug-likeness (QED) is 0.174. The maximum atomic E-state index is 14.5. The molecule has 8 atom stereocenters. The predicted molar refractivity (Wildman–Crippen MR) is 208 cm³/mol. The maximum absolute atomic E-state index is 14.5. The molecule has 2 bridgehead atoms. The Balaban J connectivity index is 1.29. The number of carbonyl (C=O) groups is 3. The van der Waals surface area contributed by atoms with Crippen molar-refractivity contribution in [3.05, 3.63) is 83.4 Å². The fourth-order valence-corrected chi connectivity index (χ4v) is 9.03. The molecular formula is C42H56N6O5. The van der Waals surface area contributed by atoms with Crippen LogP contribution in [-0.2, 0) is 16.2 Å². The topological polar surface area (TPSA) is 135 Å². The van der Waals surface area contributed by atoms with Crippen LogP contribution in [-0.4, -0.2) is 80.0 Å². The van der Waals surface area contributed by atoms with Crippen LogP contribution < -0.4 is 26.2 Å². The van der Waals surface area contributed by atoms with Gasteiger partial charge in [0.25, 0.3) is 5.91 Å². The number of fused-ring (bicyclic) bond motifs is 2. The largest absolute Gasteiger partial charge is 0.393 e. The lowest BCUT2D eigenvalue weighted by Crippen LogP contribution is -2.62. The number of para-hydroxylation sites is 1. The number of hydrogen-bond acceptors (Lipinski definition) is 7. The number of hydroxylamine groups is 2. The number of nitrogens with zero attached hydrogens (tertiary/aromatic N) is 2. The summed E-state index contributed by atoms with van der Waals surface area (Å²) in [6, 6.07) is 19.8. The van der Waals surface area contributed by atoms with Crippen LogP contribution in [0.25, 0.3) is 11.1 Å². The third-order valence-electron chi connectivity index (χ3n) is 12.4. The van der Waals surface area contributed by atoms with Crippen LogP contribution in [0, 0.1) is 36.0 Å². The van der Waals surface area contributed by atoms with Crippen molar-refractivity contribution in [2.24, 2.45) is 29.1 Å². The zero-order chi connectivity index (χ0) is 38.2. The summed E-state index contributed by atoms with van der Waals surface area (Å²) >= 11 is 0. The molecule has 4 aliphatic rings. The van der Waals surface area contributed by atoms with Crippen LogP contribution in [0.15, 0.2) is 66.7 Å². The molecule has 7 rings (SSSR count). The first-order valence-electron chi connectivity index (χ1n) is 18.8. The highest BCUT2D eigenvalue weighted by Crippen LogP contribution is 2.61. The van der Waals surface area contributed by atoms with Gasteiger partial charge in [-0.1, -0.05) is 57.2 Å². The molecule has 5 N–H and O–H groups in total. The van der Waals surface area contributed by atoms with E-state index in [-0.39, 0.29) is 36.4 Å². The van der Waals surface area contributed by atoms with Crippen molar-refractivity contribution in [3.8, 4) is 11.1 Å². The van der Waals surface area contributed by atoms with Crippen LogP contribution in [0.5, 0.6) is 0 Å². The number of benzene rings is 3. The second-order valence-corrected chi connectivity index (χ2v) is 16.1. The number of aliphatic hydroxyl groups is 1. The van der Waals surface area contributed by atoms with Crippen LogP contribution in [0.1, 0.15) is 62.0 Å². The molecule has 3 saturated carbocycles. The Bertz CT molecular complexity index is 1810. The Morgan fingerprint density at radius 1 is 1.04 bits per heavy atom. The minimum absolute atomic E-state index is 0.0353. The van der Waals surface area contributed by atoms with Gasteiger partial charge >= 0.3 is 6.03 Å². The third kappa shape index (κ3) is 7.79. The van der Waals surface area contributed by atoms with E-state index >= 15 is 0 Å². The summed E-state index contributed by atoms with van der Waals surface area (Å²) in [7, 11) is 5.51. The number of hydrogen-bond donors (Lipinski definition) is 5. The third-order valence-corrected chi connectivity index (χ3v) is 12.4. The van der Waals surface area contributed by atoms with E-state index in [2.05, 4.69) is 48.1 Å². The number of anilines is 2. The first-order chi connectivity index (χ1) is 25.2. The molecule has 1 heterocycles. The van der Waals surface area contributed by atoms with Crippen molar-refractivity contribution in [3.63, 3.8) is 0 Å². The average molecular weight is 725 g/mol. The minimum Gasteiger partial charge on any atom is -0.393 e. The number of rotatable bonds is 11. The smallest absolute Gasteiger partial charge is 0.319 e. The molecule has 11 nitrogen and oxygen atoms in total. The molecule has 3 aromatic rings. The Morgan fingerprint density at radius 3 is 2.42 bits per heavy atom. The van der Waals surface area contributed by atoms with Gasteiger partial charge in [0.2, 0.25) is 5.91 Å². The molecule has 1 saturated heterocycles. The fourth-order valence-electron chi connectivity index (χ4n) is 9.03. The fraction of sp³-hybridized carbons (Fsp3) is 0.500. The molecule has 0 radical (unpaired) electrons. The Morgan fingerprint density at radius 2 is 1.77 bits per heavy atom. The summed E-state index contributed by atoms with van der Waals surface area (Å²) in [6.07, 6.45) is 0.560. The predicted octanol–water partition coefficient (Wildman–Crippen LogP) is 5.58. The van der Waals surface area contributed by atoms with E-state index in [9.17, 15) is 19.5 Å². The summed E-state index contributed by atoms with van der Waals surface area (Å²) < 4.78 is 0. The lowest BCUT2D eigenvalue weighted by atomic mass is 9.45. The van der Waals surface area contributed by atoms with E-state index in [0.29, 0.717) is 29.0 Å². The van der Waals surface area contributed by atoms with E-state index in [4.69, 9.17) is 4.84 Å². The van der Waals surface area contributed by atoms with Gasteiger partial charge in [0.05, 0.1) is 12.6 Å². The lowest BCUT2D eigenvalue weighted by molar-refractivity contribution is -0.176. The second-order valence-electron chi connectivity index (χ2n) is 16.1. The number of nitrogens with one attached hydrogen (secondary N) is 4. The van der Waals surface area contributed by atoms with Crippen molar-refractivity contribution < 1.29 is 24.3 Å². The molecule has 0 aromatic heterocycles. The first-order valence-corrected chi connectivity index (χ1v) is 18.8. The standard InChI is InChI=1S/C42H56N6O5/c1-24-27(13-12-16-33(24)28-17-29(39(50)43-6)19-32(18-28)47(7)8)23-48-38(40(51)46-35-21-30-20-34(25(35)2)42(30,4)5)37(26(3)49)36(53-48)22-44-41(52)45-31-14-10-9-11-15-31/h9-19,25-26,30,34-38,49H,20-23H2,1-8H3,(H,43,50)(H,46,51)(H2,44,45,52)/t25-,26-,30+,34-,35-,36-,37+,38-/m0/s1. The Hall–Kier alpha value is -4.45. The molecule has 4 fully saturated rings. The van der Waals surface area contributed by atoms with E-state index in [1.165, 1.54) is 6.42 Å². The number of aliphatic hydroxyl groups excluding tert-OH is 1. The lowest BCUT2D eigenvalue weighted by Gasteiger charge is -2.62. The van der Waals surface area contributed by atoms with E-state index < -0.39 is 30.2 Å². The second kappa shape index (κ2) is 15.5. The van der Waals surface area contributed by atoms with Gasteiger partial charge in [-0.3, -0.25) is 14.4 Å². The van der Waals surface area contributed by atoms with Gasteiger partial charge in [0, 0.05) is 56.6 Å². The molecule has 1 aliphatic heterocycles. The molecule has 3 aliphatic carbocycles. The van der Waals surface area contributed by atoms with Crippen molar-refractivity contribution in [1.29, 1.82) is 0 Å². The van der Waals surface area contributed by atoms with Crippen LogP contribution in [0.4, 0.5) is 16.2 Å². The minimum atomic E-state index is -0.903. The average Bonchev–Trinajstić information content (AvgIpc) is 3.50. The van der Waals surface area contributed by atoms with Crippen LogP contribution in [0.3, 0.4) is 0 Å². The molecule has 53 heavy (non-hydrogen) atoms. The van der Waals surface area contributed by atoms with E-state index in [1.807, 2.05) is 74.4 Å². The van der Waals surface area contributed by atoms with Crippen molar-refractivity contribution in [2.45, 2.75) is 78.3 Å². The van der Waals surface area contributed by atoms with Gasteiger partial charge < -0.3 is 31.3 Å².